The molecule has 0 fully saturated rings. The van der Waals surface area contributed by atoms with Crippen molar-refractivity contribution >= 4 is 33.7 Å². The minimum atomic E-state index is -4.47. The average Bonchev–Trinajstić information content (AvgIpc) is 3.44. The van der Waals surface area contributed by atoms with E-state index in [1.54, 1.807) is 45.0 Å². The summed E-state index contributed by atoms with van der Waals surface area (Å²) in [7, 11) is -1.16. The molecule has 6 rings (SSSR count). The summed E-state index contributed by atoms with van der Waals surface area (Å²) in [6, 6.07) is 19.8. The van der Waals surface area contributed by atoms with Crippen molar-refractivity contribution in [1.29, 1.82) is 0 Å². The Morgan fingerprint density at radius 2 is 0.981 bits per heavy atom. The van der Waals surface area contributed by atoms with Crippen LogP contribution in [0.2, 0.25) is 0 Å². The average molecular weight is 801 g/mol. The Balaban J connectivity index is 1.28. The highest BCUT2D eigenvalue weighted by atomic mass is 32.2. The molecule has 0 N–H and O–H groups in total. The van der Waals surface area contributed by atoms with E-state index in [2.05, 4.69) is 0 Å². The summed E-state index contributed by atoms with van der Waals surface area (Å²) in [6.45, 7) is 0.274. The van der Waals surface area contributed by atoms with E-state index in [9.17, 15) is 34.8 Å². The third kappa shape index (κ3) is 8.93. The standard InChI is InChI=1S/C36H34F6N2O6S3/c1-47-17-15-43-33(21-49-29-13-7-25(19-31(29)51-43)23-3-9-27(10-4-23)35(37,38)39)53(45,46)34-22-50-30-14-8-26(20-32(30)52-44(34)16-18-48-2)24-5-11-28(12-6-24)36(40,41)42/h3-14,19-20,33-34H,15-18,21-22H2,1-2H3. The molecule has 2 aliphatic heterocycles. The molecule has 4 aromatic carbocycles. The Labute approximate surface area is 311 Å². The maximum Gasteiger partial charge on any atom is 0.416 e. The first-order valence-electron chi connectivity index (χ1n) is 16.2. The van der Waals surface area contributed by atoms with Gasteiger partial charge in [0.2, 0.25) is 0 Å². The lowest BCUT2D eigenvalue weighted by Gasteiger charge is -2.34. The van der Waals surface area contributed by atoms with Crippen molar-refractivity contribution in [3.63, 3.8) is 0 Å². The smallest absolute Gasteiger partial charge is 0.416 e. The van der Waals surface area contributed by atoms with Crippen molar-refractivity contribution in [2.24, 2.45) is 0 Å². The first-order valence-corrected chi connectivity index (χ1v) is 19.3. The topological polar surface area (TPSA) is 77.5 Å². The van der Waals surface area contributed by atoms with Gasteiger partial charge in [-0.3, -0.25) is 0 Å². The zero-order chi connectivity index (χ0) is 38.0. The fourth-order valence-corrected chi connectivity index (χ4v) is 10.5. The summed E-state index contributed by atoms with van der Waals surface area (Å²) in [5.74, 6) is 0.827. The highest BCUT2D eigenvalue weighted by Gasteiger charge is 2.45. The predicted octanol–water partition coefficient (Wildman–Crippen LogP) is 8.52. The molecule has 0 saturated heterocycles. The van der Waals surface area contributed by atoms with Crippen LogP contribution in [0.25, 0.3) is 22.3 Å². The highest BCUT2D eigenvalue weighted by molar-refractivity contribution is 8.00. The van der Waals surface area contributed by atoms with Crippen LogP contribution in [0, 0.1) is 0 Å². The number of rotatable bonds is 10. The molecule has 0 spiro atoms. The molecular weight excluding hydrogens is 767 g/mol. The van der Waals surface area contributed by atoms with Gasteiger partial charge in [0.1, 0.15) is 24.7 Å². The lowest BCUT2D eigenvalue weighted by atomic mass is 10.0. The second-order valence-corrected chi connectivity index (χ2v) is 16.5. The SMILES string of the molecule is COCCN1Sc2cc(-c3ccc(C(F)(F)F)cc3)ccc2OCC1S(=O)(=O)C1COc2ccc(-c3ccc(C(F)(F)F)cc3)cc2SN1CCOC. The minimum Gasteiger partial charge on any atom is -0.490 e. The third-order valence-electron chi connectivity index (χ3n) is 8.61. The quantitative estimate of drug-likeness (QED) is 0.115. The molecule has 2 atom stereocenters. The van der Waals surface area contributed by atoms with Gasteiger partial charge in [-0.05, 0) is 94.7 Å². The van der Waals surface area contributed by atoms with Gasteiger partial charge in [-0.1, -0.05) is 36.4 Å². The van der Waals surface area contributed by atoms with Crippen LogP contribution in [0.1, 0.15) is 11.1 Å². The van der Waals surface area contributed by atoms with Gasteiger partial charge >= 0.3 is 12.4 Å². The van der Waals surface area contributed by atoms with Crippen LogP contribution >= 0.6 is 23.9 Å². The molecule has 2 aliphatic rings. The monoisotopic (exact) mass is 800 g/mol. The summed E-state index contributed by atoms with van der Waals surface area (Å²) in [5, 5.41) is -2.37. The maximum absolute atomic E-state index is 14.8. The number of sulfone groups is 1. The minimum absolute atomic E-state index is 0.188. The van der Waals surface area contributed by atoms with Crippen molar-refractivity contribution in [3.8, 4) is 33.8 Å². The van der Waals surface area contributed by atoms with Crippen molar-refractivity contribution in [2.45, 2.75) is 32.9 Å². The summed E-state index contributed by atoms with van der Waals surface area (Å²) in [5.41, 5.74) is 0.788. The number of alkyl halides is 6. The van der Waals surface area contributed by atoms with Gasteiger partial charge in [0, 0.05) is 27.3 Å². The van der Waals surface area contributed by atoms with Gasteiger partial charge < -0.3 is 18.9 Å². The zero-order valence-corrected chi connectivity index (χ0v) is 30.8. The van der Waals surface area contributed by atoms with Crippen LogP contribution in [-0.2, 0) is 31.7 Å². The van der Waals surface area contributed by atoms with E-state index in [4.69, 9.17) is 18.9 Å². The maximum atomic E-state index is 14.8. The van der Waals surface area contributed by atoms with Crippen LogP contribution in [0.4, 0.5) is 26.3 Å². The zero-order valence-electron chi connectivity index (χ0n) is 28.3. The molecular formula is C36H34F6N2O6S3. The molecule has 0 aromatic heterocycles. The first kappa shape index (κ1) is 39.2. The number of fused-ring (bicyclic) bond motifs is 2. The van der Waals surface area contributed by atoms with Crippen LogP contribution in [0.3, 0.4) is 0 Å². The molecule has 8 nitrogen and oxygen atoms in total. The molecule has 0 bridgehead atoms. The summed E-state index contributed by atoms with van der Waals surface area (Å²) in [4.78, 5) is 1.14. The van der Waals surface area contributed by atoms with Gasteiger partial charge in [-0.25, -0.2) is 17.0 Å². The molecule has 0 amide bonds. The molecule has 2 heterocycles. The second-order valence-electron chi connectivity index (χ2n) is 12.0. The van der Waals surface area contributed by atoms with E-state index in [1.807, 2.05) is 0 Å². The Hall–Kier alpha value is -3.45. The Morgan fingerprint density at radius 1 is 0.623 bits per heavy atom. The van der Waals surface area contributed by atoms with Crippen molar-refractivity contribution in [2.75, 3.05) is 53.7 Å². The van der Waals surface area contributed by atoms with E-state index < -0.39 is 44.1 Å². The number of ether oxygens (including phenoxy) is 4. The molecule has 0 saturated carbocycles. The van der Waals surface area contributed by atoms with Crippen molar-refractivity contribution < 1.29 is 53.7 Å². The van der Waals surface area contributed by atoms with Gasteiger partial charge in [0.15, 0.2) is 20.6 Å². The van der Waals surface area contributed by atoms with E-state index in [1.165, 1.54) is 38.5 Å². The fourth-order valence-electron chi connectivity index (χ4n) is 5.76. The number of hydrogen-bond acceptors (Lipinski definition) is 10. The largest absolute Gasteiger partial charge is 0.490 e. The molecule has 4 aromatic rings. The van der Waals surface area contributed by atoms with Gasteiger partial charge in [-0.2, -0.15) is 26.3 Å². The fraction of sp³-hybridized carbons (Fsp3) is 0.333. The predicted molar refractivity (Wildman–Crippen MR) is 190 cm³/mol. The van der Waals surface area contributed by atoms with Crippen LogP contribution in [-0.4, -0.2) is 81.5 Å². The third-order valence-corrected chi connectivity index (χ3v) is 13.5. The van der Waals surface area contributed by atoms with E-state index in [0.29, 0.717) is 43.5 Å². The van der Waals surface area contributed by atoms with Gasteiger partial charge in [-0.15, -0.1) is 0 Å². The Bertz CT molecular complexity index is 1860. The molecule has 0 radical (unpaired) electrons. The van der Waals surface area contributed by atoms with Crippen LogP contribution < -0.4 is 9.47 Å². The van der Waals surface area contributed by atoms with Gasteiger partial charge in [0.05, 0.1) is 34.1 Å². The lowest BCUT2D eigenvalue weighted by molar-refractivity contribution is -0.138. The van der Waals surface area contributed by atoms with Crippen molar-refractivity contribution in [3.05, 3.63) is 96.1 Å². The first-order chi connectivity index (χ1) is 25.2. The molecule has 53 heavy (non-hydrogen) atoms. The van der Waals surface area contributed by atoms with Crippen LogP contribution in [0.5, 0.6) is 11.5 Å². The number of halogens is 6. The summed E-state index contributed by atoms with van der Waals surface area (Å²) >= 11 is 2.31. The molecule has 17 heteroatoms. The lowest BCUT2D eigenvalue weighted by Crippen LogP contribution is -2.52. The summed E-state index contributed by atoms with van der Waals surface area (Å²) < 4.78 is 135. The van der Waals surface area contributed by atoms with E-state index in [-0.39, 0.29) is 39.5 Å². The number of benzene rings is 4. The van der Waals surface area contributed by atoms with E-state index >= 15 is 0 Å². The molecule has 0 aliphatic carbocycles. The normalized spacial score (nSPS) is 18.6. The summed E-state index contributed by atoms with van der Waals surface area (Å²) in [6.07, 6.45) is -8.95. The second kappa shape index (κ2) is 16.1. The number of hydrogen-bond donors (Lipinski definition) is 0. The number of methoxy groups -OCH3 is 2. The highest BCUT2D eigenvalue weighted by Crippen LogP contribution is 2.44. The molecule has 284 valence electrons. The van der Waals surface area contributed by atoms with Gasteiger partial charge in [0.25, 0.3) is 0 Å². The number of nitrogens with zero attached hydrogens (tertiary/aromatic N) is 2. The van der Waals surface area contributed by atoms with E-state index in [0.717, 1.165) is 48.2 Å². The van der Waals surface area contributed by atoms with Crippen molar-refractivity contribution in [1.82, 2.24) is 8.61 Å². The molecule has 2 unspecified atom stereocenters. The Morgan fingerprint density at radius 3 is 1.32 bits per heavy atom. The van der Waals surface area contributed by atoms with Crippen LogP contribution in [0.15, 0.2) is 94.7 Å². The Kier molecular flexibility index (Phi) is 11.9.